The van der Waals surface area contributed by atoms with Crippen molar-refractivity contribution in [3.63, 3.8) is 0 Å². The monoisotopic (exact) mass is 380 g/mol. The van der Waals surface area contributed by atoms with Crippen LogP contribution in [0.4, 0.5) is 0 Å². The molecule has 3 rings (SSSR count). The molecule has 7 nitrogen and oxygen atoms in total. The molecule has 0 unspecified atom stereocenters. The summed E-state index contributed by atoms with van der Waals surface area (Å²) in [4.78, 5) is 6.37. The van der Waals surface area contributed by atoms with Crippen molar-refractivity contribution in [2.75, 3.05) is 33.7 Å². The Balaban J connectivity index is 1.88. The van der Waals surface area contributed by atoms with Gasteiger partial charge in [-0.05, 0) is 45.8 Å². The fraction of sp³-hybridized carbons (Fsp3) is 0.667. The van der Waals surface area contributed by atoms with Gasteiger partial charge in [-0.2, -0.15) is 4.31 Å². The molecule has 1 saturated carbocycles. The Labute approximate surface area is 155 Å². The van der Waals surface area contributed by atoms with E-state index in [2.05, 4.69) is 10.1 Å². The molecule has 1 fully saturated rings. The van der Waals surface area contributed by atoms with Crippen LogP contribution < -0.4 is 0 Å². The lowest BCUT2D eigenvalue weighted by atomic mass is 9.89. The van der Waals surface area contributed by atoms with Crippen molar-refractivity contribution in [3.05, 3.63) is 18.0 Å². The van der Waals surface area contributed by atoms with Crippen molar-refractivity contribution in [1.29, 1.82) is 0 Å². The second kappa shape index (κ2) is 8.02. The molecule has 0 N–H and O–H groups in total. The van der Waals surface area contributed by atoms with Crippen LogP contribution in [-0.2, 0) is 10.0 Å². The van der Waals surface area contributed by atoms with Crippen LogP contribution in [0.5, 0.6) is 0 Å². The number of aryl methyl sites for hydroxylation is 1. The first-order valence-electron chi connectivity index (χ1n) is 9.25. The average Bonchev–Trinajstić information content (AvgIpc) is 3.00. The van der Waals surface area contributed by atoms with E-state index >= 15 is 0 Å². The number of nitrogens with zero attached hydrogens (tertiary/aromatic N) is 4. The quantitative estimate of drug-likeness (QED) is 0.735. The highest BCUT2D eigenvalue weighted by molar-refractivity contribution is 7.89. The Morgan fingerprint density at radius 1 is 1.19 bits per heavy atom. The Bertz CT molecular complexity index is 841. The summed E-state index contributed by atoms with van der Waals surface area (Å²) < 4.78 is 33.4. The lowest BCUT2D eigenvalue weighted by Crippen LogP contribution is -2.40. The number of pyridine rings is 1. The molecule has 2 heterocycles. The fourth-order valence-electron chi connectivity index (χ4n) is 3.49. The van der Waals surface area contributed by atoms with Gasteiger partial charge in [-0.1, -0.05) is 24.4 Å². The van der Waals surface area contributed by atoms with Crippen molar-refractivity contribution >= 4 is 21.1 Å². The zero-order chi connectivity index (χ0) is 18.7. The van der Waals surface area contributed by atoms with Crippen LogP contribution in [0.15, 0.2) is 21.7 Å². The molecule has 144 valence electrons. The predicted octanol–water partition coefficient (Wildman–Crippen LogP) is 2.66. The largest absolute Gasteiger partial charge is 0.336 e. The molecule has 26 heavy (non-hydrogen) atoms. The number of hydrogen-bond acceptors (Lipinski definition) is 6. The zero-order valence-electron chi connectivity index (χ0n) is 15.8. The van der Waals surface area contributed by atoms with Crippen molar-refractivity contribution in [2.45, 2.75) is 43.9 Å². The molecular formula is C18H28N4O3S. The maximum atomic E-state index is 13.3. The molecule has 0 bridgehead atoms. The van der Waals surface area contributed by atoms with Crippen molar-refractivity contribution in [1.82, 2.24) is 19.3 Å². The lowest BCUT2D eigenvalue weighted by molar-refractivity contribution is 0.261. The second-order valence-corrected chi connectivity index (χ2v) is 9.40. The van der Waals surface area contributed by atoms with Gasteiger partial charge in [0.25, 0.3) is 5.71 Å². The molecule has 1 aliphatic rings. The van der Waals surface area contributed by atoms with Crippen molar-refractivity contribution in [2.24, 2.45) is 5.92 Å². The summed E-state index contributed by atoms with van der Waals surface area (Å²) in [6.45, 7) is 3.53. The first kappa shape index (κ1) is 19.3. The summed E-state index contributed by atoms with van der Waals surface area (Å²) >= 11 is 0. The molecule has 0 aromatic carbocycles. The lowest BCUT2D eigenvalue weighted by Gasteiger charge is -2.30. The van der Waals surface area contributed by atoms with E-state index in [4.69, 9.17) is 4.52 Å². The van der Waals surface area contributed by atoms with Crippen LogP contribution in [0.25, 0.3) is 11.1 Å². The van der Waals surface area contributed by atoms with Gasteiger partial charge >= 0.3 is 0 Å². The highest BCUT2D eigenvalue weighted by atomic mass is 32.2. The van der Waals surface area contributed by atoms with Crippen LogP contribution >= 0.6 is 0 Å². The standard InChI is InChI=1S/C18H28N4O3S/c1-14-17-11-16(12-19-18(17)25-20-14)26(23,24)22(10-9-21(2)3)13-15-7-5-4-6-8-15/h11-12,15H,4-10,13H2,1-3H3. The number of aromatic nitrogens is 2. The maximum absolute atomic E-state index is 13.3. The topological polar surface area (TPSA) is 79.5 Å². The van der Waals surface area contributed by atoms with Crippen LogP contribution in [-0.4, -0.2) is 61.5 Å². The van der Waals surface area contributed by atoms with Gasteiger partial charge in [-0.3, -0.25) is 0 Å². The minimum Gasteiger partial charge on any atom is -0.336 e. The third kappa shape index (κ3) is 4.24. The minimum absolute atomic E-state index is 0.214. The molecule has 8 heteroatoms. The molecular weight excluding hydrogens is 352 g/mol. The van der Waals surface area contributed by atoms with Gasteiger partial charge in [0, 0.05) is 19.6 Å². The SMILES string of the molecule is Cc1noc2ncc(S(=O)(=O)N(CCN(C)C)CC3CCCCC3)cc12. The van der Waals surface area contributed by atoms with E-state index in [1.165, 1.54) is 25.5 Å². The molecule has 0 spiro atoms. The van der Waals surface area contributed by atoms with Crippen LogP contribution in [0.2, 0.25) is 0 Å². The van der Waals surface area contributed by atoms with E-state index in [-0.39, 0.29) is 4.90 Å². The average molecular weight is 381 g/mol. The normalized spacial score (nSPS) is 16.8. The number of likely N-dealkylation sites (N-methyl/N-ethyl adjacent to an activating group) is 1. The first-order valence-corrected chi connectivity index (χ1v) is 10.7. The molecule has 0 radical (unpaired) electrons. The third-order valence-electron chi connectivity index (χ3n) is 5.11. The summed E-state index contributed by atoms with van der Waals surface area (Å²) in [5.74, 6) is 0.440. The highest BCUT2D eigenvalue weighted by Crippen LogP contribution is 2.27. The van der Waals surface area contributed by atoms with Gasteiger partial charge in [0.1, 0.15) is 4.90 Å². The smallest absolute Gasteiger partial charge is 0.257 e. The van der Waals surface area contributed by atoms with E-state index in [1.54, 1.807) is 17.3 Å². The summed E-state index contributed by atoms with van der Waals surface area (Å²) in [5.41, 5.74) is 1.02. The van der Waals surface area contributed by atoms with Gasteiger partial charge in [-0.25, -0.2) is 13.4 Å². The summed E-state index contributed by atoms with van der Waals surface area (Å²) in [5, 5.41) is 4.51. The van der Waals surface area contributed by atoms with Gasteiger partial charge in [0.05, 0.1) is 17.3 Å². The van der Waals surface area contributed by atoms with E-state index < -0.39 is 10.0 Å². The van der Waals surface area contributed by atoms with E-state index in [0.29, 0.717) is 42.3 Å². The zero-order valence-corrected chi connectivity index (χ0v) is 16.6. The Morgan fingerprint density at radius 3 is 2.62 bits per heavy atom. The molecule has 0 atom stereocenters. The highest BCUT2D eigenvalue weighted by Gasteiger charge is 2.29. The van der Waals surface area contributed by atoms with Crippen LogP contribution in [0.3, 0.4) is 0 Å². The van der Waals surface area contributed by atoms with Crippen LogP contribution in [0, 0.1) is 12.8 Å². The van der Waals surface area contributed by atoms with Crippen LogP contribution in [0.1, 0.15) is 37.8 Å². The Morgan fingerprint density at radius 2 is 1.92 bits per heavy atom. The molecule has 1 aliphatic carbocycles. The molecule has 2 aromatic rings. The fourth-order valence-corrected chi connectivity index (χ4v) is 4.97. The predicted molar refractivity (Wildman–Crippen MR) is 100 cm³/mol. The number of fused-ring (bicyclic) bond motifs is 1. The number of sulfonamides is 1. The van der Waals surface area contributed by atoms with Crippen molar-refractivity contribution < 1.29 is 12.9 Å². The van der Waals surface area contributed by atoms with Crippen molar-refractivity contribution in [3.8, 4) is 0 Å². The Hall–Kier alpha value is -1.51. The summed E-state index contributed by atoms with van der Waals surface area (Å²) in [6.07, 6.45) is 7.24. The van der Waals surface area contributed by atoms with Gasteiger partial charge < -0.3 is 9.42 Å². The minimum atomic E-state index is -3.61. The molecule has 2 aromatic heterocycles. The van der Waals surface area contributed by atoms with E-state index in [9.17, 15) is 8.42 Å². The van der Waals surface area contributed by atoms with Gasteiger partial charge in [0.2, 0.25) is 10.0 Å². The molecule has 0 saturated heterocycles. The maximum Gasteiger partial charge on any atom is 0.257 e. The molecule has 0 amide bonds. The number of rotatable bonds is 7. The second-order valence-electron chi connectivity index (χ2n) is 7.46. The Kier molecular flexibility index (Phi) is 5.94. The molecule has 0 aliphatic heterocycles. The van der Waals surface area contributed by atoms with Gasteiger partial charge in [-0.15, -0.1) is 0 Å². The number of hydrogen-bond donors (Lipinski definition) is 0. The van der Waals surface area contributed by atoms with E-state index in [1.807, 2.05) is 19.0 Å². The van der Waals surface area contributed by atoms with E-state index in [0.717, 1.165) is 12.8 Å². The summed E-state index contributed by atoms with van der Waals surface area (Å²) in [6, 6.07) is 1.63. The first-order chi connectivity index (χ1) is 12.4. The van der Waals surface area contributed by atoms with Gasteiger partial charge in [0.15, 0.2) is 0 Å². The third-order valence-corrected chi connectivity index (χ3v) is 6.94. The summed E-state index contributed by atoms with van der Waals surface area (Å²) in [7, 11) is 0.308.